The molecule has 0 aliphatic rings. The number of ether oxygens (including phenoxy) is 1. The zero-order valence-corrected chi connectivity index (χ0v) is 11.9. The molecule has 96 valence electrons. The second-order valence-corrected chi connectivity index (χ2v) is 4.05. The van der Waals surface area contributed by atoms with E-state index < -0.39 is 0 Å². The van der Waals surface area contributed by atoms with Crippen molar-refractivity contribution in [3.63, 3.8) is 0 Å². The average Bonchev–Trinajstić information content (AvgIpc) is 2.42. The third-order valence-corrected chi connectivity index (χ3v) is 2.80. The summed E-state index contributed by atoms with van der Waals surface area (Å²) in [5.41, 5.74) is 5.05. The molecule has 0 radical (unpaired) electrons. The van der Waals surface area contributed by atoms with E-state index in [-0.39, 0.29) is 0 Å². The van der Waals surface area contributed by atoms with Crippen molar-refractivity contribution in [3.8, 4) is 16.9 Å². The van der Waals surface area contributed by atoms with E-state index in [9.17, 15) is 0 Å². The molecule has 0 saturated carbocycles. The smallest absolute Gasteiger partial charge is 0.119 e. The zero-order valence-electron chi connectivity index (χ0n) is 11.9. The van der Waals surface area contributed by atoms with Gasteiger partial charge in [-0.1, -0.05) is 49.7 Å². The second-order valence-electron chi connectivity index (χ2n) is 4.05. The molecule has 0 fully saturated rings. The highest BCUT2D eigenvalue weighted by Crippen LogP contribution is 2.26. The van der Waals surface area contributed by atoms with Crippen LogP contribution in [-0.2, 0) is 0 Å². The molecule has 0 saturated heterocycles. The van der Waals surface area contributed by atoms with Crippen molar-refractivity contribution in [3.05, 3.63) is 53.6 Å². The number of benzene rings is 2. The van der Waals surface area contributed by atoms with Gasteiger partial charge in [0.2, 0.25) is 0 Å². The largest absolute Gasteiger partial charge is 0.497 e. The summed E-state index contributed by atoms with van der Waals surface area (Å²) in [4.78, 5) is 0. The van der Waals surface area contributed by atoms with Gasteiger partial charge in [0.05, 0.1) is 7.11 Å². The molecule has 18 heavy (non-hydrogen) atoms. The fourth-order valence-corrected chi connectivity index (χ4v) is 1.82. The minimum atomic E-state index is 0.911. The van der Waals surface area contributed by atoms with E-state index in [4.69, 9.17) is 4.74 Å². The van der Waals surface area contributed by atoms with Crippen molar-refractivity contribution in [2.24, 2.45) is 0 Å². The van der Waals surface area contributed by atoms with Crippen LogP contribution in [0.2, 0.25) is 0 Å². The van der Waals surface area contributed by atoms with Crippen molar-refractivity contribution in [2.45, 2.75) is 27.7 Å². The van der Waals surface area contributed by atoms with Crippen LogP contribution in [0.25, 0.3) is 11.1 Å². The molecule has 0 amide bonds. The average molecular weight is 242 g/mol. The standard InChI is InChI=1S/C15H16O.C2H6/c1-11-4-6-13(7-5-11)15-9-8-14(16-3)10-12(15)2;1-2/h4-10H,1-3H3;1-2H3. The first-order valence-corrected chi connectivity index (χ1v) is 6.42. The van der Waals surface area contributed by atoms with Gasteiger partial charge in [-0.25, -0.2) is 0 Å². The lowest BCUT2D eigenvalue weighted by Crippen LogP contribution is -1.87. The van der Waals surface area contributed by atoms with Gasteiger partial charge in [-0.15, -0.1) is 0 Å². The van der Waals surface area contributed by atoms with Gasteiger partial charge in [-0.05, 0) is 42.7 Å². The summed E-state index contributed by atoms with van der Waals surface area (Å²) in [5.74, 6) is 0.911. The molecule has 0 aliphatic carbocycles. The summed E-state index contributed by atoms with van der Waals surface area (Å²) < 4.78 is 5.20. The van der Waals surface area contributed by atoms with Crippen LogP contribution in [0.5, 0.6) is 5.75 Å². The monoisotopic (exact) mass is 242 g/mol. The molecule has 0 heterocycles. The predicted octanol–water partition coefficient (Wildman–Crippen LogP) is 5.01. The van der Waals surface area contributed by atoms with Gasteiger partial charge in [0, 0.05) is 0 Å². The molecule has 2 aromatic carbocycles. The molecule has 0 spiro atoms. The molecule has 2 rings (SSSR count). The number of rotatable bonds is 2. The van der Waals surface area contributed by atoms with Gasteiger partial charge >= 0.3 is 0 Å². The van der Waals surface area contributed by atoms with Crippen molar-refractivity contribution in [2.75, 3.05) is 7.11 Å². The number of hydrogen-bond acceptors (Lipinski definition) is 1. The van der Waals surface area contributed by atoms with E-state index in [0.717, 1.165) is 5.75 Å². The van der Waals surface area contributed by atoms with E-state index in [1.807, 2.05) is 19.9 Å². The normalized spacial score (nSPS) is 9.39. The van der Waals surface area contributed by atoms with E-state index in [1.165, 1.54) is 22.3 Å². The first-order chi connectivity index (χ1) is 8.70. The summed E-state index contributed by atoms with van der Waals surface area (Å²) in [6.07, 6.45) is 0. The minimum Gasteiger partial charge on any atom is -0.497 e. The lowest BCUT2D eigenvalue weighted by Gasteiger charge is -2.08. The summed E-state index contributed by atoms with van der Waals surface area (Å²) in [7, 11) is 1.69. The van der Waals surface area contributed by atoms with Crippen molar-refractivity contribution >= 4 is 0 Å². The van der Waals surface area contributed by atoms with Gasteiger partial charge < -0.3 is 4.74 Å². The number of hydrogen-bond donors (Lipinski definition) is 0. The predicted molar refractivity (Wildman–Crippen MR) is 79.3 cm³/mol. The molecular weight excluding hydrogens is 220 g/mol. The minimum absolute atomic E-state index is 0.911. The van der Waals surface area contributed by atoms with Crippen LogP contribution < -0.4 is 4.74 Å². The maximum atomic E-state index is 5.20. The summed E-state index contributed by atoms with van der Waals surface area (Å²) >= 11 is 0. The van der Waals surface area contributed by atoms with E-state index in [2.05, 4.69) is 50.2 Å². The van der Waals surface area contributed by atoms with Crippen molar-refractivity contribution < 1.29 is 4.74 Å². The lowest BCUT2D eigenvalue weighted by molar-refractivity contribution is 0.414. The quantitative estimate of drug-likeness (QED) is 0.719. The Morgan fingerprint density at radius 3 is 1.94 bits per heavy atom. The second kappa shape index (κ2) is 6.85. The highest BCUT2D eigenvalue weighted by molar-refractivity contribution is 5.68. The Morgan fingerprint density at radius 1 is 0.833 bits per heavy atom. The third kappa shape index (κ3) is 3.36. The van der Waals surface area contributed by atoms with Crippen LogP contribution in [0.4, 0.5) is 0 Å². The van der Waals surface area contributed by atoms with Crippen LogP contribution in [0, 0.1) is 13.8 Å². The van der Waals surface area contributed by atoms with Gasteiger partial charge in [-0.2, -0.15) is 0 Å². The molecule has 0 unspecified atom stereocenters. The van der Waals surface area contributed by atoms with Crippen molar-refractivity contribution in [1.82, 2.24) is 0 Å². The maximum Gasteiger partial charge on any atom is 0.119 e. The molecule has 1 heteroatoms. The maximum absolute atomic E-state index is 5.20. The summed E-state index contributed by atoms with van der Waals surface area (Å²) in [6, 6.07) is 14.8. The Kier molecular flexibility index (Phi) is 5.44. The van der Waals surface area contributed by atoms with Gasteiger partial charge in [0.15, 0.2) is 0 Å². The topological polar surface area (TPSA) is 9.23 Å². The number of aryl methyl sites for hydroxylation is 2. The van der Waals surface area contributed by atoms with Gasteiger partial charge in [-0.3, -0.25) is 0 Å². The Balaban J connectivity index is 0.000000771. The molecule has 0 atom stereocenters. The lowest BCUT2D eigenvalue weighted by atomic mass is 9.99. The highest BCUT2D eigenvalue weighted by atomic mass is 16.5. The molecule has 0 bridgehead atoms. The molecule has 1 nitrogen and oxygen atoms in total. The van der Waals surface area contributed by atoms with E-state index in [1.54, 1.807) is 7.11 Å². The van der Waals surface area contributed by atoms with Crippen molar-refractivity contribution in [1.29, 1.82) is 0 Å². The van der Waals surface area contributed by atoms with Crippen LogP contribution in [-0.4, -0.2) is 7.11 Å². The van der Waals surface area contributed by atoms with E-state index >= 15 is 0 Å². The zero-order chi connectivity index (χ0) is 13.5. The Labute approximate surface area is 110 Å². The van der Waals surface area contributed by atoms with Crippen LogP contribution in [0.15, 0.2) is 42.5 Å². The molecule has 0 N–H and O–H groups in total. The first kappa shape index (κ1) is 14.3. The molecule has 2 aromatic rings. The first-order valence-electron chi connectivity index (χ1n) is 6.42. The Morgan fingerprint density at radius 2 is 1.44 bits per heavy atom. The fraction of sp³-hybridized carbons (Fsp3) is 0.294. The molecular formula is C17H22O. The fourth-order valence-electron chi connectivity index (χ4n) is 1.82. The highest BCUT2D eigenvalue weighted by Gasteiger charge is 2.02. The van der Waals surface area contributed by atoms with Crippen LogP contribution in [0.3, 0.4) is 0 Å². The summed E-state index contributed by atoms with van der Waals surface area (Å²) in [6.45, 7) is 8.21. The third-order valence-electron chi connectivity index (χ3n) is 2.80. The molecule has 0 aromatic heterocycles. The Hall–Kier alpha value is -1.76. The number of methoxy groups -OCH3 is 1. The van der Waals surface area contributed by atoms with E-state index in [0.29, 0.717) is 0 Å². The summed E-state index contributed by atoms with van der Waals surface area (Å²) in [5, 5.41) is 0. The van der Waals surface area contributed by atoms with Crippen LogP contribution in [0.1, 0.15) is 25.0 Å². The molecule has 0 aliphatic heterocycles. The Bertz CT molecular complexity index is 483. The SMILES string of the molecule is CC.COc1ccc(-c2ccc(C)cc2)c(C)c1. The van der Waals surface area contributed by atoms with Gasteiger partial charge in [0.1, 0.15) is 5.75 Å². The van der Waals surface area contributed by atoms with Crippen LogP contribution >= 0.6 is 0 Å². The van der Waals surface area contributed by atoms with Gasteiger partial charge in [0.25, 0.3) is 0 Å².